The first-order valence-corrected chi connectivity index (χ1v) is 6.09. The zero-order valence-electron chi connectivity index (χ0n) is 7.75. The summed E-state index contributed by atoms with van der Waals surface area (Å²) in [5, 5.41) is 0.191. The van der Waals surface area contributed by atoms with Crippen molar-refractivity contribution in [3.8, 4) is 0 Å². The summed E-state index contributed by atoms with van der Waals surface area (Å²) < 4.78 is 25.6. The second-order valence-electron chi connectivity index (χ2n) is 2.75. The highest BCUT2D eigenvalue weighted by Gasteiger charge is 2.15. The number of nitrogens with one attached hydrogen (secondary N) is 1. The van der Waals surface area contributed by atoms with E-state index in [1.807, 2.05) is 6.92 Å². The second kappa shape index (κ2) is 4.77. The highest BCUT2D eigenvalue weighted by molar-refractivity contribution is 7.89. The molecule has 1 rings (SSSR count). The van der Waals surface area contributed by atoms with Gasteiger partial charge in [0.15, 0.2) is 0 Å². The van der Waals surface area contributed by atoms with E-state index in [1.165, 1.54) is 18.2 Å². The molecule has 1 N–H and O–H groups in total. The van der Waals surface area contributed by atoms with Crippen LogP contribution < -0.4 is 4.72 Å². The number of sulfonamides is 1. The minimum atomic E-state index is -3.46. The van der Waals surface area contributed by atoms with E-state index in [1.54, 1.807) is 0 Å². The van der Waals surface area contributed by atoms with Crippen molar-refractivity contribution < 1.29 is 8.42 Å². The predicted molar refractivity (Wildman–Crippen MR) is 55.8 cm³/mol. The fourth-order valence-corrected chi connectivity index (χ4v) is 2.55. The zero-order chi connectivity index (χ0) is 10.6. The molecule has 77 valence electrons. The van der Waals surface area contributed by atoms with Crippen LogP contribution in [0.2, 0.25) is 5.02 Å². The minimum absolute atomic E-state index is 0.103. The van der Waals surface area contributed by atoms with E-state index >= 15 is 0 Å². The highest BCUT2D eigenvalue weighted by atomic mass is 35.5. The first kappa shape index (κ1) is 11.5. The van der Waals surface area contributed by atoms with Gasteiger partial charge in [-0.2, -0.15) is 0 Å². The fourth-order valence-electron chi connectivity index (χ4n) is 0.928. The van der Waals surface area contributed by atoms with E-state index in [9.17, 15) is 8.42 Å². The molecule has 14 heavy (non-hydrogen) atoms. The normalized spacial score (nSPS) is 11.6. The van der Waals surface area contributed by atoms with Crippen LogP contribution in [0, 0.1) is 6.07 Å². The molecular formula is C9H11ClNO2S. The Kier molecular flexibility index (Phi) is 3.92. The Morgan fingerprint density at radius 2 is 2.29 bits per heavy atom. The Morgan fingerprint density at radius 3 is 2.86 bits per heavy atom. The lowest BCUT2D eigenvalue weighted by atomic mass is 10.4. The molecule has 0 atom stereocenters. The lowest BCUT2D eigenvalue weighted by Gasteiger charge is -2.06. The number of halogens is 1. The summed E-state index contributed by atoms with van der Waals surface area (Å²) in [4.78, 5) is 0.103. The smallest absolute Gasteiger partial charge is 0.211 e. The van der Waals surface area contributed by atoms with E-state index in [4.69, 9.17) is 11.6 Å². The standard InChI is InChI=1S/C9H11ClNO2S/c1-2-7-11-14(12,13)9-6-4-3-5-8(9)10/h4-6,11H,2,7H2,1H3. The monoisotopic (exact) mass is 232 g/mol. The van der Waals surface area contributed by atoms with Gasteiger partial charge in [0.1, 0.15) is 4.90 Å². The molecule has 0 aliphatic heterocycles. The Morgan fingerprint density at radius 1 is 1.57 bits per heavy atom. The summed E-state index contributed by atoms with van der Waals surface area (Å²) in [6, 6.07) is 7.09. The molecule has 0 aromatic heterocycles. The van der Waals surface area contributed by atoms with Crippen LogP contribution in [0.5, 0.6) is 0 Å². The lowest BCUT2D eigenvalue weighted by Crippen LogP contribution is -2.24. The number of hydrogen-bond donors (Lipinski definition) is 1. The van der Waals surface area contributed by atoms with Gasteiger partial charge >= 0.3 is 0 Å². The first-order chi connectivity index (χ1) is 6.58. The molecule has 0 spiro atoms. The molecule has 0 amide bonds. The van der Waals surface area contributed by atoms with Gasteiger partial charge in [0.05, 0.1) is 5.02 Å². The molecule has 0 fully saturated rings. The number of benzene rings is 1. The van der Waals surface area contributed by atoms with Crippen molar-refractivity contribution >= 4 is 21.6 Å². The SMILES string of the molecule is CCCNS(=O)(=O)c1cc[c]cc1Cl. The van der Waals surface area contributed by atoms with E-state index in [-0.39, 0.29) is 9.92 Å². The highest BCUT2D eigenvalue weighted by Crippen LogP contribution is 2.19. The van der Waals surface area contributed by atoms with Crippen molar-refractivity contribution in [2.45, 2.75) is 18.2 Å². The summed E-state index contributed by atoms with van der Waals surface area (Å²) >= 11 is 5.74. The largest absolute Gasteiger partial charge is 0.242 e. The molecular weight excluding hydrogens is 222 g/mol. The number of hydrogen-bond acceptors (Lipinski definition) is 2. The molecule has 1 aromatic carbocycles. The van der Waals surface area contributed by atoms with Crippen molar-refractivity contribution in [1.82, 2.24) is 4.72 Å². The zero-order valence-corrected chi connectivity index (χ0v) is 9.32. The fraction of sp³-hybridized carbons (Fsp3) is 0.333. The maximum atomic E-state index is 11.6. The molecule has 3 nitrogen and oxygen atoms in total. The summed E-state index contributed by atoms with van der Waals surface area (Å²) in [5.74, 6) is 0. The van der Waals surface area contributed by atoms with Crippen LogP contribution >= 0.6 is 11.6 Å². The van der Waals surface area contributed by atoms with E-state index in [0.717, 1.165) is 6.42 Å². The maximum Gasteiger partial charge on any atom is 0.242 e. The molecule has 0 heterocycles. The molecule has 0 aliphatic rings. The molecule has 0 saturated carbocycles. The van der Waals surface area contributed by atoms with Gasteiger partial charge in [0.25, 0.3) is 0 Å². The molecule has 0 saturated heterocycles. The molecule has 1 radical (unpaired) electrons. The van der Waals surface area contributed by atoms with Gasteiger partial charge in [-0.3, -0.25) is 0 Å². The summed E-state index contributed by atoms with van der Waals surface area (Å²) in [7, 11) is -3.46. The van der Waals surface area contributed by atoms with Crippen LogP contribution in [0.25, 0.3) is 0 Å². The third kappa shape index (κ3) is 2.70. The van der Waals surface area contributed by atoms with Crippen molar-refractivity contribution in [2.24, 2.45) is 0 Å². The van der Waals surface area contributed by atoms with Crippen LogP contribution in [-0.2, 0) is 10.0 Å². The third-order valence-electron chi connectivity index (χ3n) is 1.61. The van der Waals surface area contributed by atoms with Gasteiger partial charge in [0.2, 0.25) is 10.0 Å². The summed E-state index contributed by atoms with van der Waals surface area (Å²) in [6.07, 6.45) is 0.746. The Balaban J connectivity index is 2.99. The molecule has 1 aromatic rings. The van der Waals surface area contributed by atoms with Gasteiger partial charge in [-0.15, -0.1) is 0 Å². The Labute approximate surface area is 89.1 Å². The third-order valence-corrected chi connectivity index (χ3v) is 3.55. The van der Waals surface area contributed by atoms with E-state index in [2.05, 4.69) is 10.8 Å². The van der Waals surface area contributed by atoms with Crippen LogP contribution in [0.3, 0.4) is 0 Å². The van der Waals surface area contributed by atoms with Crippen molar-refractivity contribution in [3.63, 3.8) is 0 Å². The average Bonchev–Trinajstić information content (AvgIpc) is 2.15. The molecule has 0 aliphatic carbocycles. The van der Waals surface area contributed by atoms with E-state index in [0.29, 0.717) is 6.54 Å². The van der Waals surface area contributed by atoms with Crippen LogP contribution in [0.1, 0.15) is 13.3 Å². The molecule has 5 heteroatoms. The van der Waals surface area contributed by atoms with E-state index < -0.39 is 10.0 Å². The molecule has 0 unspecified atom stereocenters. The van der Waals surface area contributed by atoms with Gasteiger partial charge in [-0.05, 0) is 24.6 Å². The Hall–Kier alpha value is -0.580. The van der Waals surface area contributed by atoms with Gasteiger partial charge < -0.3 is 0 Å². The van der Waals surface area contributed by atoms with Crippen molar-refractivity contribution in [1.29, 1.82) is 0 Å². The maximum absolute atomic E-state index is 11.6. The minimum Gasteiger partial charge on any atom is -0.211 e. The average molecular weight is 233 g/mol. The van der Waals surface area contributed by atoms with Gasteiger partial charge in [-0.1, -0.05) is 24.6 Å². The predicted octanol–water partition coefficient (Wildman–Crippen LogP) is 1.83. The Bertz CT molecular complexity index is 403. The van der Waals surface area contributed by atoms with Gasteiger partial charge in [0, 0.05) is 6.54 Å². The first-order valence-electron chi connectivity index (χ1n) is 4.23. The summed E-state index contributed by atoms with van der Waals surface area (Å²) in [6.45, 7) is 2.31. The number of rotatable bonds is 4. The second-order valence-corrected chi connectivity index (χ2v) is 4.90. The van der Waals surface area contributed by atoms with Crippen molar-refractivity contribution in [3.05, 3.63) is 29.3 Å². The quantitative estimate of drug-likeness (QED) is 0.861. The summed E-state index contributed by atoms with van der Waals surface area (Å²) in [5.41, 5.74) is 0. The molecule has 0 bridgehead atoms. The van der Waals surface area contributed by atoms with Gasteiger partial charge in [-0.25, -0.2) is 13.1 Å². The lowest BCUT2D eigenvalue weighted by molar-refractivity contribution is 0.581. The van der Waals surface area contributed by atoms with Crippen molar-refractivity contribution in [2.75, 3.05) is 6.54 Å². The van der Waals surface area contributed by atoms with Crippen LogP contribution in [0.15, 0.2) is 23.1 Å². The van der Waals surface area contributed by atoms with Crippen LogP contribution in [-0.4, -0.2) is 15.0 Å². The van der Waals surface area contributed by atoms with Crippen LogP contribution in [0.4, 0.5) is 0 Å². The topological polar surface area (TPSA) is 46.2 Å².